The fourth-order valence-electron chi connectivity index (χ4n) is 4.46. The van der Waals surface area contributed by atoms with Gasteiger partial charge < -0.3 is 15.1 Å². The van der Waals surface area contributed by atoms with Crippen LogP contribution < -0.4 is 10.2 Å². The minimum absolute atomic E-state index is 0.0162. The largest absolute Gasteiger partial charge is 0.369 e. The number of aromatic nitrogens is 1. The summed E-state index contributed by atoms with van der Waals surface area (Å²) in [5.41, 5.74) is 2.54. The van der Waals surface area contributed by atoms with Gasteiger partial charge in [0, 0.05) is 70.0 Å². The highest BCUT2D eigenvalue weighted by molar-refractivity contribution is 5.76. The number of likely N-dealkylation sites (tertiary alicyclic amines) is 1. The Hall–Kier alpha value is -3.20. The van der Waals surface area contributed by atoms with E-state index in [4.69, 9.17) is 0 Å². The summed E-state index contributed by atoms with van der Waals surface area (Å²) in [5, 5.41) is 14.1. The maximum absolute atomic E-state index is 12.7. The van der Waals surface area contributed by atoms with Crippen LogP contribution in [0.3, 0.4) is 0 Å². The zero-order valence-corrected chi connectivity index (χ0v) is 19.2. The number of hydrogen-bond donors (Lipinski definition) is 1. The van der Waals surface area contributed by atoms with Crippen LogP contribution in [0.4, 0.5) is 17.2 Å². The van der Waals surface area contributed by atoms with Gasteiger partial charge in [-0.2, -0.15) is 0 Å². The van der Waals surface area contributed by atoms with Gasteiger partial charge in [-0.1, -0.05) is 17.7 Å². The maximum Gasteiger partial charge on any atom is 0.287 e. The molecule has 2 saturated heterocycles. The second kappa shape index (κ2) is 10.6. The standard InChI is InChI=1S/C24H32N6O3/c1-19-2-4-21(5-3-19)28-16-14-27(15-17-28)11-10-24(31)29-12-8-20(9-13-29)26-23-7-6-22(18-25-23)30(32)33/h2-7,18,20H,8-17H2,1H3,(H,25,26). The highest BCUT2D eigenvalue weighted by Crippen LogP contribution is 2.19. The van der Waals surface area contributed by atoms with Crippen molar-refractivity contribution >= 4 is 23.1 Å². The van der Waals surface area contributed by atoms with E-state index < -0.39 is 4.92 Å². The van der Waals surface area contributed by atoms with Gasteiger partial charge in [-0.3, -0.25) is 19.8 Å². The number of amides is 1. The lowest BCUT2D eigenvalue weighted by Gasteiger charge is -2.37. The molecule has 3 heterocycles. The molecule has 2 aliphatic heterocycles. The normalized spacial score (nSPS) is 17.7. The first-order chi connectivity index (χ1) is 16.0. The van der Waals surface area contributed by atoms with E-state index in [1.807, 2.05) is 4.90 Å². The Labute approximate surface area is 194 Å². The molecule has 1 N–H and O–H groups in total. The Morgan fingerprint density at radius 1 is 1.06 bits per heavy atom. The third-order valence-corrected chi connectivity index (χ3v) is 6.57. The Bertz CT molecular complexity index is 934. The van der Waals surface area contributed by atoms with Gasteiger partial charge in [0.15, 0.2) is 0 Å². The molecule has 0 aliphatic carbocycles. The number of carbonyl (C=O) groups is 1. The summed E-state index contributed by atoms with van der Waals surface area (Å²) in [5.74, 6) is 0.859. The SMILES string of the molecule is Cc1ccc(N2CCN(CCC(=O)N3CCC(Nc4ccc([N+](=O)[O-])cn4)CC3)CC2)cc1. The number of nitrogens with one attached hydrogen (secondary N) is 1. The van der Waals surface area contributed by atoms with E-state index in [9.17, 15) is 14.9 Å². The topological polar surface area (TPSA) is 94.8 Å². The first-order valence-corrected chi connectivity index (χ1v) is 11.7. The van der Waals surface area contributed by atoms with Crippen molar-refractivity contribution in [2.75, 3.05) is 56.0 Å². The molecule has 176 valence electrons. The smallest absolute Gasteiger partial charge is 0.287 e. The monoisotopic (exact) mass is 452 g/mol. The fourth-order valence-corrected chi connectivity index (χ4v) is 4.46. The molecule has 0 bridgehead atoms. The molecule has 2 aromatic rings. The number of anilines is 2. The van der Waals surface area contributed by atoms with Crippen LogP contribution in [0.5, 0.6) is 0 Å². The van der Waals surface area contributed by atoms with Crippen molar-refractivity contribution in [3.8, 4) is 0 Å². The van der Waals surface area contributed by atoms with Crippen LogP contribution in [-0.4, -0.2) is 77.5 Å². The van der Waals surface area contributed by atoms with Crippen molar-refractivity contribution < 1.29 is 9.72 Å². The number of piperazine rings is 1. The van der Waals surface area contributed by atoms with Gasteiger partial charge in [0.05, 0.1) is 4.92 Å². The van der Waals surface area contributed by atoms with E-state index in [2.05, 4.69) is 51.3 Å². The van der Waals surface area contributed by atoms with E-state index in [1.54, 1.807) is 6.07 Å². The highest BCUT2D eigenvalue weighted by atomic mass is 16.6. The van der Waals surface area contributed by atoms with E-state index in [0.29, 0.717) is 12.2 Å². The summed E-state index contributed by atoms with van der Waals surface area (Å²) in [6.07, 6.45) is 3.52. The third-order valence-electron chi connectivity index (χ3n) is 6.57. The quantitative estimate of drug-likeness (QED) is 0.510. The van der Waals surface area contributed by atoms with Gasteiger partial charge in [0.1, 0.15) is 12.0 Å². The van der Waals surface area contributed by atoms with E-state index in [-0.39, 0.29) is 17.6 Å². The Morgan fingerprint density at radius 2 is 1.76 bits per heavy atom. The lowest BCUT2D eigenvalue weighted by Crippen LogP contribution is -2.48. The van der Waals surface area contributed by atoms with E-state index in [1.165, 1.54) is 23.5 Å². The van der Waals surface area contributed by atoms with Crippen molar-refractivity contribution in [3.05, 3.63) is 58.3 Å². The molecule has 0 atom stereocenters. The Kier molecular flexibility index (Phi) is 7.39. The van der Waals surface area contributed by atoms with Crippen LogP contribution in [0, 0.1) is 17.0 Å². The number of carbonyl (C=O) groups excluding carboxylic acids is 1. The van der Waals surface area contributed by atoms with Crippen LogP contribution in [0.2, 0.25) is 0 Å². The van der Waals surface area contributed by atoms with Crippen LogP contribution in [0.25, 0.3) is 0 Å². The summed E-state index contributed by atoms with van der Waals surface area (Å²) in [4.78, 5) is 33.9. The van der Waals surface area contributed by atoms with E-state index >= 15 is 0 Å². The van der Waals surface area contributed by atoms with Crippen molar-refractivity contribution in [1.29, 1.82) is 0 Å². The Morgan fingerprint density at radius 3 is 2.36 bits per heavy atom. The van der Waals surface area contributed by atoms with E-state index in [0.717, 1.165) is 58.7 Å². The molecule has 2 fully saturated rings. The predicted octanol–water partition coefficient (Wildman–Crippen LogP) is 2.91. The van der Waals surface area contributed by atoms with Crippen molar-refractivity contribution in [2.24, 2.45) is 0 Å². The fraction of sp³-hybridized carbons (Fsp3) is 0.500. The van der Waals surface area contributed by atoms with Crippen LogP contribution in [-0.2, 0) is 4.79 Å². The zero-order chi connectivity index (χ0) is 23.2. The molecular weight excluding hydrogens is 420 g/mol. The molecular formula is C24H32N6O3. The van der Waals surface area contributed by atoms with Crippen molar-refractivity contribution in [2.45, 2.75) is 32.2 Å². The Balaban J connectivity index is 1.15. The first kappa shape index (κ1) is 23.0. The number of piperidine rings is 1. The molecule has 0 radical (unpaired) electrons. The van der Waals surface area contributed by atoms with Crippen molar-refractivity contribution in [1.82, 2.24) is 14.8 Å². The first-order valence-electron chi connectivity index (χ1n) is 11.7. The molecule has 0 saturated carbocycles. The molecule has 33 heavy (non-hydrogen) atoms. The third kappa shape index (κ3) is 6.19. The summed E-state index contributed by atoms with van der Waals surface area (Å²) in [6, 6.07) is 12.0. The summed E-state index contributed by atoms with van der Waals surface area (Å²) in [7, 11) is 0. The molecule has 0 unspecified atom stereocenters. The molecule has 4 rings (SSSR count). The molecule has 1 aromatic carbocycles. The molecule has 1 aromatic heterocycles. The number of pyridine rings is 1. The molecule has 9 heteroatoms. The number of aryl methyl sites for hydroxylation is 1. The average Bonchev–Trinajstić information content (AvgIpc) is 2.84. The second-order valence-electron chi connectivity index (χ2n) is 8.87. The minimum atomic E-state index is -0.454. The number of hydrogen-bond acceptors (Lipinski definition) is 7. The maximum atomic E-state index is 12.7. The summed E-state index contributed by atoms with van der Waals surface area (Å²) in [6.45, 7) is 8.32. The average molecular weight is 453 g/mol. The summed E-state index contributed by atoms with van der Waals surface area (Å²) >= 11 is 0. The zero-order valence-electron chi connectivity index (χ0n) is 19.2. The number of rotatable bonds is 7. The van der Waals surface area contributed by atoms with Crippen LogP contribution in [0.1, 0.15) is 24.8 Å². The lowest BCUT2D eigenvalue weighted by atomic mass is 10.0. The van der Waals surface area contributed by atoms with Gasteiger partial charge in [0.2, 0.25) is 5.91 Å². The molecule has 2 aliphatic rings. The number of nitrogens with zero attached hydrogens (tertiary/aromatic N) is 5. The number of benzene rings is 1. The predicted molar refractivity (Wildman–Crippen MR) is 129 cm³/mol. The lowest BCUT2D eigenvalue weighted by molar-refractivity contribution is -0.385. The minimum Gasteiger partial charge on any atom is -0.369 e. The molecule has 9 nitrogen and oxygen atoms in total. The van der Waals surface area contributed by atoms with Crippen LogP contribution in [0.15, 0.2) is 42.6 Å². The van der Waals surface area contributed by atoms with Gasteiger partial charge in [-0.15, -0.1) is 0 Å². The highest BCUT2D eigenvalue weighted by Gasteiger charge is 2.24. The number of nitro groups is 1. The van der Waals surface area contributed by atoms with Gasteiger partial charge >= 0.3 is 0 Å². The second-order valence-corrected chi connectivity index (χ2v) is 8.87. The van der Waals surface area contributed by atoms with Gasteiger partial charge in [0.25, 0.3) is 5.69 Å². The van der Waals surface area contributed by atoms with Crippen molar-refractivity contribution in [3.63, 3.8) is 0 Å². The van der Waals surface area contributed by atoms with Crippen LogP contribution >= 0.6 is 0 Å². The summed E-state index contributed by atoms with van der Waals surface area (Å²) < 4.78 is 0. The van der Waals surface area contributed by atoms with Gasteiger partial charge in [-0.25, -0.2) is 4.98 Å². The molecule has 1 amide bonds. The molecule has 0 spiro atoms. The van der Waals surface area contributed by atoms with Gasteiger partial charge in [-0.05, 0) is 38.0 Å².